The molecule has 4 atom stereocenters. The van der Waals surface area contributed by atoms with Crippen LogP contribution in [0.15, 0.2) is 28.9 Å². The fraction of sp³-hybridized carbons (Fsp3) is 0.636. The zero-order valence-electron chi connectivity index (χ0n) is 24.6. The van der Waals surface area contributed by atoms with E-state index in [-0.39, 0.29) is 31.1 Å². The maximum absolute atomic E-state index is 13.7. The van der Waals surface area contributed by atoms with Gasteiger partial charge < -0.3 is 20.1 Å². The van der Waals surface area contributed by atoms with Crippen LogP contribution in [0.3, 0.4) is 0 Å². The summed E-state index contributed by atoms with van der Waals surface area (Å²) >= 11 is 0. The van der Waals surface area contributed by atoms with Gasteiger partial charge in [0.1, 0.15) is 5.75 Å². The van der Waals surface area contributed by atoms with E-state index in [2.05, 4.69) is 13.0 Å². The predicted molar refractivity (Wildman–Crippen MR) is 156 cm³/mol. The number of carbonyl (C=O) groups excluding carboxylic acids is 2. The number of hydrogen-bond acceptors (Lipinski definition) is 6. The summed E-state index contributed by atoms with van der Waals surface area (Å²) in [7, 11) is 1.59. The predicted octanol–water partition coefficient (Wildman–Crippen LogP) is 5.22. The molecule has 0 aromatic heterocycles. The van der Waals surface area contributed by atoms with Gasteiger partial charge in [0.25, 0.3) is 0 Å². The molecule has 7 nitrogen and oxygen atoms in total. The van der Waals surface area contributed by atoms with E-state index >= 15 is 0 Å². The average molecular weight is 554 g/mol. The number of rotatable bonds is 11. The lowest BCUT2D eigenvalue weighted by Crippen LogP contribution is -2.42. The molecule has 1 saturated carbocycles. The van der Waals surface area contributed by atoms with Gasteiger partial charge in [-0.05, 0) is 92.3 Å². The van der Waals surface area contributed by atoms with Gasteiger partial charge >= 0.3 is 0 Å². The molecular weight excluding hydrogens is 506 g/mol. The second kappa shape index (κ2) is 13.5. The molecule has 2 fully saturated rings. The number of aliphatic hydroxyl groups excluding tert-OH is 2. The zero-order chi connectivity index (χ0) is 29.0. The number of allylic oxidation sites excluding steroid dienone is 1. The molecule has 3 aliphatic rings. The van der Waals surface area contributed by atoms with Crippen LogP contribution < -0.4 is 0 Å². The lowest BCUT2D eigenvalue weighted by molar-refractivity contribution is -0.143. The van der Waals surface area contributed by atoms with E-state index in [0.717, 1.165) is 67.2 Å². The molecule has 0 bridgehead atoms. The minimum atomic E-state index is -0.849. The Kier molecular flexibility index (Phi) is 10.3. The summed E-state index contributed by atoms with van der Waals surface area (Å²) in [5.41, 5.74) is 5.41. The van der Waals surface area contributed by atoms with E-state index in [0.29, 0.717) is 30.6 Å². The molecule has 0 spiro atoms. The number of hydrogen-bond donors (Lipinski definition) is 3. The summed E-state index contributed by atoms with van der Waals surface area (Å²) in [5, 5.41) is 32.3. The molecule has 2 aliphatic carbocycles. The van der Waals surface area contributed by atoms with Crippen molar-refractivity contribution < 1.29 is 29.6 Å². The monoisotopic (exact) mass is 553 g/mol. The van der Waals surface area contributed by atoms with E-state index in [1.807, 2.05) is 26.0 Å². The molecule has 7 heteroatoms. The highest BCUT2D eigenvalue weighted by molar-refractivity contribution is 6.06. The van der Waals surface area contributed by atoms with Gasteiger partial charge in [-0.25, -0.2) is 0 Å². The first kappa shape index (κ1) is 30.5. The summed E-state index contributed by atoms with van der Waals surface area (Å²) < 4.78 is 5.49. The van der Waals surface area contributed by atoms with Gasteiger partial charge in [-0.3, -0.25) is 14.5 Å². The molecule has 0 radical (unpaired) electrons. The van der Waals surface area contributed by atoms with Gasteiger partial charge in [-0.2, -0.15) is 0 Å². The van der Waals surface area contributed by atoms with Crippen molar-refractivity contribution >= 4 is 17.9 Å². The summed E-state index contributed by atoms with van der Waals surface area (Å²) in [6.45, 7) is 5.88. The molecule has 1 aliphatic heterocycles. The molecule has 0 unspecified atom stereocenters. The molecule has 3 N–H and O–H groups in total. The first-order valence-electron chi connectivity index (χ1n) is 15.1. The van der Waals surface area contributed by atoms with E-state index in [1.165, 1.54) is 10.5 Å². The number of ether oxygens (including phenoxy) is 1. The SMILES string of the molecule is CCC/C(=C\c1cc(C)c(O)c(C)c1)CC[C@@H](O)C1=C(COC)C[C@H]2C(=O)N(C3CCCCC3)C(=O)[C@H]2[C@H]1CO. The van der Waals surface area contributed by atoms with Gasteiger partial charge in [-0.1, -0.05) is 44.3 Å². The molecule has 220 valence electrons. The first-order chi connectivity index (χ1) is 19.2. The lowest BCUT2D eigenvalue weighted by atomic mass is 9.68. The Morgan fingerprint density at radius 2 is 1.77 bits per heavy atom. The summed E-state index contributed by atoms with van der Waals surface area (Å²) in [4.78, 5) is 28.8. The minimum Gasteiger partial charge on any atom is -0.507 e. The third-order valence-corrected chi connectivity index (χ3v) is 9.23. The zero-order valence-corrected chi connectivity index (χ0v) is 24.6. The number of aliphatic hydroxyl groups is 2. The number of benzene rings is 1. The molecule has 4 rings (SSSR count). The van der Waals surface area contributed by atoms with Crippen molar-refractivity contribution in [2.75, 3.05) is 20.3 Å². The second-order valence-electron chi connectivity index (χ2n) is 12.1. The van der Waals surface area contributed by atoms with Gasteiger partial charge in [0.15, 0.2) is 0 Å². The Hall–Kier alpha value is -2.48. The number of likely N-dealkylation sites (tertiary alicyclic amines) is 1. The topological polar surface area (TPSA) is 107 Å². The third kappa shape index (κ3) is 6.22. The number of phenolic OH excluding ortho intramolecular Hbond substituents is 1. The normalized spacial score (nSPS) is 25.1. The van der Waals surface area contributed by atoms with Crippen molar-refractivity contribution in [2.24, 2.45) is 17.8 Å². The Morgan fingerprint density at radius 1 is 1.10 bits per heavy atom. The van der Waals surface area contributed by atoms with Gasteiger partial charge in [0, 0.05) is 19.1 Å². The second-order valence-corrected chi connectivity index (χ2v) is 12.1. The van der Waals surface area contributed by atoms with Crippen LogP contribution in [0, 0.1) is 31.6 Å². The average Bonchev–Trinajstić information content (AvgIpc) is 3.19. The molecular formula is C33H47NO6. The van der Waals surface area contributed by atoms with Crippen molar-refractivity contribution in [1.29, 1.82) is 0 Å². The third-order valence-electron chi connectivity index (χ3n) is 9.23. The fourth-order valence-corrected chi connectivity index (χ4v) is 7.37. The van der Waals surface area contributed by atoms with Crippen LogP contribution in [-0.2, 0) is 14.3 Å². The van der Waals surface area contributed by atoms with Gasteiger partial charge in [0.2, 0.25) is 11.8 Å². The Balaban J connectivity index is 1.58. The maximum Gasteiger partial charge on any atom is 0.234 e. The smallest absolute Gasteiger partial charge is 0.234 e. The highest BCUT2D eigenvalue weighted by Gasteiger charge is 2.56. The van der Waals surface area contributed by atoms with E-state index in [1.54, 1.807) is 7.11 Å². The summed E-state index contributed by atoms with van der Waals surface area (Å²) in [6, 6.07) is 3.89. The number of nitrogens with zero attached hydrogens (tertiary/aromatic N) is 1. The summed E-state index contributed by atoms with van der Waals surface area (Å²) in [5.74, 6) is -1.69. The largest absolute Gasteiger partial charge is 0.507 e. The van der Waals surface area contributed by atoms with E-state index in [9.17, 15) is 24.9 Å². The fourth-order valence-electron chi connectivity index (χ4n) is 7.37. The Bertz CT molecular complexity index is 1120. The lowest BCUT2D eigenvalue weighted by Gasteiger charge is -2.36. The van der Waals surface area contributed by atoms with Crippen LogP contribution in [0.4, 0.5) is 0 Å². The summed E-state index contributed by atoms with van der Waals surface area (Å²) in [6.07, 6.45) is 9.51. The van der Waals surface area contributed by atoms with Crippen molar-refractivity contribution in [3.8, 4) is 5.75 Å². The number of amides is 2. The van der Waals surface area contributed by atoms with Crippen LogP contribution in [0.1, 0.15) is 87.8 Å². The highest BCUT2D eigenvalue weighted by atomic mass is 16.5. The van der Waals surface area contributed by atoms with Crippen LogP contribution in [0.2, 0.25) is 0 Å². The Morgan fingerprint density at radius 3 is 2.38 bits per heavy atom. The van der Waals surface area contributed by atoms with Crippen molar-refractivity contribution in [3.63, 3.8) is 0 Å². The maximum atomic E-state index is 13.7. The number of carbonyl (C=O) groups is 2. The number of phenols is 1. The standard InChI is InChI=1S/C33H47NO6/c1-5-9-22(16-23-14-20(2)31(37)21(3)15-23)12-13-28(36)29-24(19-40-4)17-26-30(27(29)18-35)33(39)34(32(26)38)25-10-7-6-8-11-25/h14-16,25-28,30,35-37H,5-13,17-19H2,1-4H3/b22-16+/t26-,27+,28-,30-/m1/s1. The van der Waals surface area contributed by atoms with Crippen molar-refractivity contribution in [3.05, 3.63) is 45.5 Å². The van der Waals surface area contributed by atoms with Crippen LogP contribution in [-0.4, -0.2) is 64.5 Å². The van der Waals surface area contributed by atoms with E-state index < -0.39 is 23.9 Å². The van der Waals surface area contributed by atoms with Crippen LogP contribution in [0.25, 0.3) is 6.08 Å². The number of imide groups is 1. The highest BCUT2D eigenvalue weighted by Crippen LogP contribution is 2.47. The number of fused-ring (bicyclic) bond motifs is 1. The van der Waals surface area contributed by atoms with Crippen molar-refractivity contribution in [2.45, 2.75) is 97.1 Å². The minimum absolute atomic E-state index is 0.0492. The molecule has 40 heavy (non-hydrogen) atoms. The van der Waals surface area contributed by atoms with E-state index in [4.69, 9.17) is 4.74 Å². The first-order valence-corrected chi connectivity index (χ1v) is 15.1. The van der Waals surface area contributed by atoms with Gasteiger partial charge in [0.05, 0.1) is 31.2 Å². The molecule has 2 amide bonds. The number of methoxy groups -OCH3 is 1. The van der Waals surface area contributed by atoms with Crippen LogP contribution >= 0.6 is 0 Å². The number of aryl methyl sites for hydroxylation is 2. The molecule has 1 aromatic carbocycles. The number of aromatic hydroxyl groups is 1. The van der Waals surface area contributed by atoms with Gasteiger partial charge in [-0.15, -0.1) is 0 Å². The molecule has 1 aromatic rings. The molecule has 1 saturated heterocycles. The quantitative estimate of drug-likeness (QED) is 0.256. The molecule has 1 heterocycles. The van der Waals surface area contributed by atoms with Crippen LogP contribution in [0.5, 0.6) is 5.75 Å². The van der Waals surface area contributed by atoms with Crippen molar-refractivity contribution in [1.82, 2.24) is 4.90 Å². The Labute approximate surface area is 238 Å².